The maximum Gasteiger partial charge on any atom is 0.0416 e. The molecule has 1 aliphatic carbocycles. The Hall–Kier alpha value is -0.380. The number of likely N-dealkylation sites (N-methyl/N-ethyl adjacent to an activating group) is 1. The molecule has 1 aliphatic rings. The van der Waals surface area contributed by atoms with Crippen LogP contribution in [0.2, 0.25) is 0 Å². The summed E-state index contributed by atoms with van der Waals surface area (Å²) < 4.78 is 0. The molecule has 0 saturated heterocycles. The maximum absolute atomic E-state index is 6.19. The number of thiophene rings is 1. The van der Waals surface area contributed by atoms with E-state index in [4.69, 9.17) is 5.73 Å². The average molecular weight is 266 g/mol. The average Bonchev–Trinajstić information content (AvgIpc) is 3.05. The highest BCUT2D eigenvalue weighted by molar-refractivity contribution is 7.10. The van der Waals surface area contributed by atoms with Gasteiger partial charge in [-0.05, 0) is 44.2 Å². The van der Waals surface area contributed by atoms with Crippen LogP contribution in [0.3, 0.4) is 0 Å². The van der Waals surface area contributed by atoms with Gasteiger partial charge in [-0.1, -0.05) is 25.8 Å². The van der Waals surface area contributed by atoms with Crippen molar-refractivity contribution in [2.24, 2.45) is 11.7 Å². The monoisotopic (exact) mass is 266 g/mol. The lowest BCUT2D eigenvalue weighted by molar-refractivity contribution is 0.0487. The third kappa shape index (κ3) is 2.24. The highest BCUT2D eigenvalue weighted by Gasteiger charge is 2.45. The van der Waals surface area contributed by atoms with Crippen LogP contribution in [0.15, 0.2) is 17.5 Å². The van der Waals surface area contributed by atoms with Gasteiger partial charge in [0.2, 0.25) is 0 Å². The molecule has 0 aliphatic heterocycles. The Bertz CT molecular complexity index is 363. The largest absolute Gasteiger partial charge is 0.329 e. The van der Waals surface area contributed by atoms with Crippen molar-refractivity contribution in [3.63, 3.8) is 0 Å². The second-order valence-corrected chi connectivity index (χ2v) is 6.59. The molecule has 1 aromatic heterocycles. The van der Waals surface area contributed by atoms with Gasteiger partial charge in [0.25, 0.3) is 0 Å². The second-order valence-electron chi connectivity index (χ2n) is 5.61. The summed E-state index contributed by atoms with van der Waals surface area (Å²) in [6, 6.07) is 4.86. The number of rotatable bonds is 5. The first kappa shape index (κ1) is 14.0. The fourth-order valence-corrected chi connectivity index (χ4v) is 4.52. The first-order valence-corrected chi connectivity index (χ1v) is 8.00. The number of nitrogens with zero attached hydrogens (tertiary/aromatic N) is 1. The van der Waals surface area contributed by atoms with E-state index in [0.29, 0.717) is 6.04 Å². The van der Waals surface area contributed by atoms with E-state index in [9.17, 15) is 0 Å². The SMILES string of the molecule is CCC1CCCC1(CN)N(C)C(C)c1cccs1. The van der Waals surface area contributed by atoms with E-state index in [0.717, 1.165) is 12.5 Å². The molecule has 0 amide bonds. The van der Waals surface area contributed by atoms with Crippen LogP contribution in [0.5, 0.6) is 0 Å². The summed E-state index contributed by atoms with van der Waals surface area (Å²) in [7, 11) is 2.27. The van der Waals surface area contributed by atoms with Crippen LogP contribution in [-0.4, -0.2) is 24.0 Å². The van der Waals surface area contributed by atoms with E-state index in [1.165, 1.54) is 30.6 Å². The minimum absolute atomic E-state index is 0.220. The van der Waals surface area contributed by atoms with Gasteiger partial charge >= 0.3 is 0 Å². The van der Waals surface area contributed by atoms with Crippen LogP contribution >= 0.6 is 11.3 Å². The van der Waals surface area contributed by atoms with Crippen LogP contribution < -0.4 is 5.73 Å². The van der Waals surface area contributed by atoms with Gasteiger partial charge in [0.05, 0.1) is 0 Å². The van der Waals surface area contributed by atoms with Crippen LogP contribution in [-0.2, 0) is 0 Å². The van der Waals surface area contributed by atoms with E-state index in [2.05, 4.69) is 43.3 Å². The van der Waals surface area contributed by atoms with E-state index < -0.39 is 0 Å². The molecular formula is C15H26N2S. The molecule has 3 unspecified atom stereocenters. The molecule has 1 saturated carbocycles. The predicted molar refractivity (Wildman–Crippen MR) is 79.9 cm³/mol. The number of hydrogen-bond acceptors (Lipinski definition) is 3. The van der Waals surface area contributed by atoms with Crippen molar-refractivity contribution in [2.75, 3.05) is 13.6 Å². The topological polar surface area (TPSA) is 29.3 Å². The van der Waals surface area contributed by atoms with E-state index in [-0.39, 0.29) is 5.54 Å². The minimum atomic E-state index is 0.220. The van der Waals surface area contributed by atoms with Gasteiger partial charge in [-0.15, -0.1) is 11.3 Å². The zero-order valence-corrected chi connectivity index (χ0v) is 12.7. The Balaban J connectivity index is 2.22. The third-order valence-corrected chi connectivity index (χ3v) is 6.05. The summed E-state index contributed by atoms with van der Waals surface area (Å²) >= 11 is 1.85. The van der Waals surface area contributed by atoms with Gasteiger partial charge in [-0.25, -0.2) is 0 Å². The zero-order valence-electron chi connectivity index (χ0n) is 11.9. The van der Waals surface area contributed by atoms with Gasteiger partial charge < -0.3 is 5.73 Å². The van der Waals surface area contributed by atoms with E-state index in [1.807, 2.05) is 11.3 Å². The lowest BCUT2D eigenvalue weighted by atomic mass is 9.82. The smallest absolute Gasteiger partial charge is 0.0416 e. The Kier molecular flexibility index (Phi) is 4.46. The summed E-state index contributed by atoms with van der Waals surface area (Å²) in [6.45, 7) is 5.41. The summed E-state index contributed by atoms with van der Waals surface area (Å²) in [6.07, 6.45) is 5.18. The van der Waals surface area contributed by atoms with Gasteiger partial charge in [0.1, 0.15) is 0 Å². The highest BCUT2D eigenvalue weighted by atomic mass is 32.1. The van der Waals surface area contributed by atoms with E-state index in [1.54, 1.807) is 0 Å². The number of nitrogens with two attached hydrogens (primary N) is 1. The van der Waals surface area contributed by atoms with Crippen molar-refractivity contribution in [3.05, 3.63) is 22.4 Å². The summed E-state index contributed by atoms with van der Waals surface area (Å²) in [5, 5.41) is 2.17. The first-order valence-electron chi connectivity index (χ1n) is 7.12. The minimum Gasteiger partial charge on any atom is -0.329 e. The molecule has 102 valence electrons. The Morgan fingerprint density at radius 1 is 1.61 bits per heavy atom. The summed E-state index contributed by atoms with van der Waals surface area (Å²) in [5.74, 6) is 0.759. The Morgan fingerprint density at radius 2 is 2.39 bits per heavy atom. The molecule has 1 fully saturated rings. The third-order valence-electron chi connectivity index (χ3n) is 5.01. The molecule has 2 nitrogen and oxygen atoms in total. The first-order chi connectivity index (χ1) is 8.65. The summed E-state index contributed by atoms with van der Waals surface area (Å²) in [4.78, 5) is 4.01. The van der Waals surface area contributed by atoms with Crippen molar-refractivity contribution < 1.29 is 0 Å². The zero-order chi connectivity index (χ0) is 13.2. The van der Waals surface area contributed by atoms with Gasteiger partial charge in [0, 0.05) is 23.0 Å². The van der Waals surface area contributed by atoms with Crippen LogP contribution in [0.4, 0.5) is 0 Å². The molecular weight excluding hydrogens is 240 g/mol. The van der Waals surface area contributed by atoms with Crippen molar-refractivity contribution in [3.8, 4) is 0 Å². The fourth-order valence-electron chi connectivity index (χ4n) is 3.69. The molecule has 2 rings (SSSR count). The van der Waals surface area contributed by atoms with Crippen LogP contribution in [0.25, 0.3) is 0 Å². The fraction of sp³-hybridized carbons (Fsp3) is 0.733. The molecule has 1 aromatic rings. The molecule has 3 heteroatoms. The molecule has 18 heavy (non-hydrogen) atoms. The van der Waals surface area contributed by atoms with Crippen molar-refractivity contribution >= 4 is 11.3 Å². The lowest BCUT2D eigenvalue weighted by Gasteiger charge is -2.45. The van der Waals surface area contributed by atoms with E-state index >= 15 is 0 Å². The van der Waals surface area contributed by atoms with Crippen molar-refractivity contribution in [1.29, 1.82) is 0 Å². The van der Waals surface area contributed by atoms with Crippen LogP contribution in [0, 0.1) is 5.92 Å². The lowest BCUT2D eigenvalue weighted by Crippen LogP contribution is -2.55. The van der Waals surface area contributed by atoms with Crippen LogP contribution in [0.1, 0.15) is 50.4 Å². The Morgan fingerprint density at radius 3 is 2.94 bits per heavy atom. The highest BCUT2D eigenvalue weighted by Crippen LogP contribution is 2.44. The standard InChI is InChI=1S/C15H26N2S/c1-4-13-7-5-9-15(13,11-16)17(3)12(2)14-8-6-10-18-14/h6,8,10,12-13H,4-5,7,9,11,16H2,1-3H3. The van der Waals surface area contributed by atoms with Gasteiger partial charge in [-0.3, -0.25) is 4.90 Å². The summed E-state index contributed by atoms with van der Waals surface area (Å²) in [5.41, 5.74) is 6.41. The van der Waals surface area contributed by atoms with Crippen molar-refractivity contribution in [1.82, 2.24) is 4.90 Å². The van der Waals surface area contributed by atoms with Crippen molar-refractivity contribution in [2.45, 2.75) is 51.1 Å². The quantitative estimate of drug-likeness (QED) is 0.881. The molecule has 0 spiro atoms. The maximum atomic E-state index is 6.19. The molecule has 0 aromatic carbocycles. The van der Waals surface area contributed by atoms with Gasteiger partial charge in [-0.2, -0.15) is 0 Å². The van der Waals surface area contributed by atoms with Gasteiger partial charge in [0.15, 0.2) is 0 Å². The molecule has 2 N–H and O–H groups in total. The molecule has 1 heterocycles. The normalized spacial score (nSPS) is 29.9. The number of hydrogen-bond donors (Lipinski definition) is 1. The molecule has 0 bridgehead atoms. The predicted octanol–water partition coefficient (Wildman–Crippen LogP) is 3.65. The Labute approximate surface area is 115 Å². The second kappa shape index (κ2) is 5.72. The molecule has 3 atom stereocenters. The molecule has 0 radical (unpaired) electrons.